The summed E-state index contributed by atoms with van der Waals surface area (Å²) >= 11 is 0. The average Bonchev–Trinajstić information content (AvgIpc) is 2.42. The van der Waals surface area contributed by atoms with E-state index in [0.717, 1.165) is 6.42 Å². The fourth-order valence-electron chi connectivity index (χ4n) is 1.89. The molecule has 4 N–H and O–H groups in total. The van der Waals surface area contributed by atoms with Crippen LogP contribution in [0.4, 0.5) is 0 Å². The number of hydrogen-bond donors (Lipinski definition) is 3. The van der Waals surface area contributed by atoms with Crippen molar-refractivity contribution in [2.24, 2.45) is 10.8 Å². The first-order valence-electron chi connectivity index (χ1n) is 6.51. The van der Waals surface area contributed by atoms with Crippen molar-refractivity contribution in [2.75, 3.05) is 20.3 Å². The number of aliphatic imine (C=N–C) groups is 1. The Morgan fingerprint density at radius 2 is 2.16 bits per heavy atom. The lowest BCUT2D eigenvalue weighted by molar-refractivity contribution is 0.197. The van der Waals surface area contributed by atoms with Gasteiger partial charge in [0.05, 0.1) is 6.04 Å². The molecule has 0 amide bonds. The minimum absolute atomic E-state index is 0.151. The van der Waals surface area contributed by atoms with Gasteiger partial charge in [-0.05, 0) is 31.4 Å². The van der Waals surface area contributed by atoms with Gasteiger partial charge in [0.1, 0.15) is 0 Å². The predicted molar refractivity (Wildman–Crippen MR) is 78.8 cm³/mol. The van der Waals surface area contributed by atoms with Crippen LogP contribution in [-0.2, 0) is 4.74 Å². The molecular formula is C14H24N4O. The topological polar surface area (TPSA) is 71.7 Å². The summed E-state index contributed by atoms with van der Waals surface area (Å²) in [6.45, 7) is 5.57. The molecule has 0 aliphatic heterocycles. The highest BCUT2D eigenvalue weighted by Gasteiger charge is 2.08. The number of nitrogens with one attached hydrogen (secondary N) is 2. The predicted octanol–water partition coefficient (Wildman–Crippen LogP) is 1.50. The Morgan fingerprint density at radius 3 is 2.79 bits per heavy atom. The Kier molecular flexibility index (Phi) is 6.92. The molecule has 0 spiro atoms. The van der Waals surface area contributed by atoms with Crippen LogP contribution in [0, 0.1) is 6.92 Å². The summed E-state index contributed by atoms with van der Waals surface area (Å²) in [5.74, 6) is 6.08. The molecule has 5 heteroatoms. The van der Waals surface area contributed by atoms with E-state index in [1.54, 1.807) is 7.11 Å². The standard InChI is InChI=1S/C14H24N4O/c1-11-7-4-5-8-13(11)12(2)17-14(18-15)16-9-6-10-19-3/h4-5,7-8,12H,6,9-10,15H2,1-3H3,(H2,16,17,18). The van der Waals surface area contributed by atoms with Crippen LogP contribution in [0.1, 0.15) is 30.5 Å². The van der Waals surface area contributed by atoms with E-state index in [2.05, 4.69) is 41.7 Å². The van der Waals surface area contributed by atoms with Gasteiger partial charge in [-0.25, -0.2) is 5.84 Å². The lowest BCUT2D eigenvalue weighted by atomic mass is 10.0. The number of guanidine groups is 1. The lowest BCUT2D eigenvalue weighted by Crippen LogP contribution is -2.42. The fourth-order valence-corrected chi connectivity index (χ4v) is 1.89. The molecule has 0 bridgehead atoms. The van der Waals surface area contributed by atoms with Gasteiger partial charge in [-0.1, -0.05) is 24.3 Å². The highest BCUT2D eigenvalue weighted by atomic mass is 16.5. The average molecular weight is 264 g/mol. The Balaban J connectivity index is 2.58. The van der Waals surface area contributed by atoms with E-state index in [1.807, 2.05) is 12.1 Å². The van der Waals surface area contributed by atoms with Gasteiger partial charge in [-0.2, -0.15) is 0 Å². The largest absolute Gasteiger partial charge is 0.385 e. The first-order chi connectivity index (χ1) is 9.19. The van der Waals surface area contributed by atoms with E-state index in [1.165, 1.54) is 11.1 Å². The maximum Gasteiger partial charge on any atom is 0.206 e. The van der Waals surface area contributed by atoms with E-state index in [0.29, 0.717) is 19.1 Å². The molecule has 106 valence electrons. The number of rotatable bonds is 6. The molecule has 1 rings (SSSR count). The number of methoxy groups -OCH3 is 1. The number of ether oxygens (including phenoxy) is 1. The Bertz CT molecular complexity index is 406. The van der Waals surface area contributed by atoms with E-state index in [4.69, 9.17) is 10.6 Å². The molecule has 19 heavy (non-hydrogen) atoms. The molecule has 0 radical (unpaired) electrons. The second kappa shape index (κ2) is 8.50. The summed E-state index contributed by atoms with van der Waals surface area (Å²) in [6, 6.07) is 8.42. The second-order valence-corrected chi connectivity index (χ2v) is 4.44. The van der Waals surface area contributed by atoms with Crippen LogP contribution >= 0.6 is 0 Å². The van der Waals surface area contributed by atoms with Gasteiger partial charge in [-0.15, -0.1) is 0 Å². The van der Waals surface area contributed by atoms with Gasteiger partial charge < -0.3 is 10.1 Å². The van der Waals surface area contributed by atoms with Crippen molar-refractivity contribution in [3.63, 3.8) is 0 Å². The van der Waals surface area contributed by atoms with Gasteiger partial charge in [0.15, 0.2) is 0 Å². The Hall–Kier alpha value is -1.59. The van der Waals surface area contributed by atoms with Gasteiger partial charge in [-0.3, -0.25) is 10.4 Å². The molecule has 1 aromatic rings. The molecule has 5 nitrogen and oxygen atoms in total. The molecule has 1 unspecified atom stereocenters. The van der Waals surface area contributed by atoms with Crippen LogP contribution < -0.4 is 16.6 Å². The van der Waals surface area contributed by atoms with E-state index >= 15 is 0 Å². The molecular weight excluding hydrogens is 240 g/mol. The zero-order valence-electron chi connectivity index (χ0n) is 11.9. The Morgan fingerprint density at radius 1 is 1.42 bits per heavy atom. The minimum Gasteiger partial charge on any atom is -0.385 e. The summed E-state index contributed by atoms with van der Waals surface area (Å²) in [5.41, 5.74) is 5.08. The molecule has 0 aromatic heterocycles. The smallest absolute Gasteiger partial charge is 0.206 e. The van der Waals surface area contributed by atoms with Crippen molar-refractivity contribution in [2.45, 2.75) is 26.3 Å². The molecule has 0 aliphatic carbocycles. The molecule has 1 aromatic carbocycles. The van der Waals surface area contributed by atoms with Crippen LogP contribution in [0.15, 0.2) is 29.3 Å². The third-order valence-electron chi connectivity index (χ3n) is 2.92. The van der Waals surface area contributed by atoms with Gasteiger partial charge in [0.25, 0.3) is 0 Å². The van der Waals surface area contributed by atoms with E-state index in [9.17, 15) is 0 Å². The van der Waals surface area contributed by atoms with Crippen molar-refractivity contribution in [1.29, 1.82) is 0 Å². The van der Waals surface area contributed by atoms with Crippen molar-refractivity contribution < 1.29 is 4.74 Å². The number of nitrogens with two attached hydrogens (primary N) is 1. The number of hydrazine groups is 1. The molecule has 0 fully saturated rings. The van der Waals surface area contributed by atoms with Gasteiger partial charge in [0.2, 0.25) is 5.96 Å². The van der Waals surface area contributed by atoms with Crippen molar-refractivity contribution in [3.05, 3.63) is 35.4 Å². The van der Waals surface area contributed by atoms with Crippen LogP contribution in [0.25, 0.3) is 0 Å². The van der Waals surface area contributed by atoms with Crippen molar-refractivity contribution in [3.8, 4) is 0 Å². The highest BCUT2D eigenvalue weighted by Crippen LogP contribution is 2.16. The maximum absolute atomic E-state index is 5.48. The summed E-state index contributed by atoms with van der Waals surface area (Å²) in [6.07, 6.45) is 0.877. The van der Waals surface area contributed by atoms with Gasteiger partial charge in [0, 0.05) is 20.3 Å². The number of benzene rings is 1. The summed E-state index contributed by atoms with van der Waals surface area (Å²) in [5, 5.41) is 3.27. The third kappa shape index (κ3) is 5.28. The molecule has 0 saturated carbocycles. The van der Waals surface area contributed by atoms with Crippen LogP contribution in [0.2, 0.25) is 0 Å². The zero-order valence-corrected chi connectivity index (χ0v) is 11.9. The number of aryl methyl sites for hydroxylation is 1. The molecule has 0 heterocycles. The van der Waals surface area contributed by atoms with Crippen molar-refractivity contribution in [1.82, 2.24) is 10.7 Å². The van der Waals surface area contributed by atoms with E-state index in [-0.39, 0.29) is 6.04 Å². The SMILES string of the molecule is COCCCN=C(NN)NC(C)c1ccccc1C. The summed E-state index contributed by atoms with van der Waals surface area (Å²) in [4.78, 5) is 4.36. The highest BCUT2D eigenvalue weighted by molar-refractivity contribution is 5.79. The first-order valence-corrected chi connectivity index (χ1v) is 6.51. The second-order valence-electron chi connectivity index (χ2n) is 4.44. The normalized spacial score (nSPS) is 13.2. The quantitative estimate of drug-likeness (QED) is 0.239. The van der Waals surface area contributed by atoms with Gasteiger partial charge >= 0.3 is 0 Å². The van der Waals surface area contributed by atoms with Crippen LogP contribution in [0.3, 0.4) is 0 Å². The lowest BCUT2D eigenvalue weighted by Gasteiger charge is -2.18. The van der Waals surface area contributed by atoms with E-state index < -0.39 is 0 Å². The summed E-state index contributed by atoms with van der Waals surface area (Å²) in [7, 11) is 1.68. The van der Waals surface area contributed by atoms with Crippen LogP contribution in [0.5, 0.6) is 0 Å². The summed E-state index contributed by atoms with van der Waals surface area (Å²) < 4.78 is 4.98. The zero-order chi connectivity index (χ0) is 14.1. The minimum atomic E-state index is 0.151. The first kappa shape index (κ1) is 15.5. The van der Waals surface area contributed by atoms with Crippen molar-refractivity contribution >= 4 is 5.96 Å². The number of nitrogens with zero attached hydrogens (tertiary/aromatic N) is 1. The molecule has 1 atom stereocenters. The monoisotopic (exact) mass is 264 g/mol. The number of hydrogen-bond acceptors (Lipinski definition) is 3. The Labute approximate surface area is 115 Å². The van der Waals surface area contributed by atoms with Crippen LogP contribution in [-0.4, -0.2) is 26.2 Å². The molecule has 0 saturated heterocycles. The fraction of sp³-hybridized carbons (Fsp3) is 0.500. The maximum atomic E-state index is 5.48. The third-order valence-corrected chi connectivity index (χ3v) is 2.92. The molecule has 0 aliphatic rings.